The summed E-state index contributed by atoms with van der Waals surface area (Å²) in [7, 11) is 1.91. The first-order chi connectivity index (χ1) is 15.4. The van der Waals surface area contributed by atoms with Gasteiger partial charge in [0.05, 0.1) is 17.1 Å². The number of fused-ring (bicyclic) bond motifs is 1. The smallest absolute Gasteiger partial charge is 0.255 e. The minimum Gasteiger partial charge on any atom is -0.483 e. The SMILES string of the molecule is Cc1ccc(Oc2ccc(N(C)c3ncnc4cccc(OCC(N)=O)c34)cc2C)cn1. The molecule has 0 saturated heterocycles. The number of aromatic nitrogens is 3. The average molecular weight is 429 g/mol. The number of pyridine rings is 1. The molecule has 0 unspecified atom stereocenters. The van der Waals surface area contributed by atoms with Crippen molar-refractivity contribution in [3.05, 3.63) is 72.3 Å². The van der Waals surface area contributed by atoms with Crippen molar-refractivity contribution in [1.29, 1.82) is 0 Å². The van der Waals surface area contributed by atoms with Gasteiger partial charge in [-0.15, -0.1) is 0 Å². The Morgan fingerprint density at radius 3 is 2.59 bits per heavy atom. The van der Waals surface area contributed by atoms with Crippen LogP contribution in [0.25, 0.3) is 10.9 Å². The Hall–Kier alpha value is -4.20. The van der Waals surface area contributed by atoms with Crippen LogP contribution in [0, 0.1) is 13.8 Å². The molecule has 8 nitrogen and oxygen atoms in total. The number of anilines is 2. The second-order valence-electron chi connectivity index (χ2n) is 7.35. The van der Waals surface area contributed by atoms with E-state index in [0.29, 0.717) is 28.2 Å². The first-order valence-corrected chi connectivity index (χ1v) is 10.0. The molecule has 162 valence electrons. The quantitative estimate of drug-likeness (QED) is 0.472. The molecule has 32 heavy (non-hydrogen) atoms. The molecule has 0 fully saturated rings. The maximum Gasteiger partial charge on any atom is 0.255 e. The van der Waals surface area contributed by atoms with Crippen molar-refractivity contribution < 1.29 is 14.3 Å². The van der Waals surface area contributed by atoms with E-state index < -0.39 is 5.91 Å². The van der Waals surface area contributed by atoms with Gasteiger partial charge in [-0.25, -0.2) is 9.97 Å². The van der Waals surface area contributed by atoms with Crippen LogP contribution in [-0.4, -0.2) is 34.5 Å². The van der Waals surface area contributed by atoms with Crippen molar-refractivity contribution in [2.24, 2.45) is 5.73 Å². The number of ether oxygens (including phenoxy) is 2. The Kier molecular flexibility index (Phi) is 5.85. The van der Waals surface area contributed by atoms with E-state index in [2.05, 4.69) is 15.0 Å². The zero-order valence-electron chi connectivity index (χ0n) is 18.1. The minimum absolute atomic E-state index is 0.226. The molecule has 0 radical (unpaired) electrons. The number of hydrogen-bond acceptors (Lipinski definition) is 7. The Bertz CT molecular complexity index is 1270. The maximum atomic E-state index is 11.2. The topological polar surface area (TPSA) is 103 Å². The Morgan fingerprint density at radius 1 is 1.03 bits per heavy atom. The molecule has 2 N–H and O–H groups in total. The average Bonchev–Trinajstić information content (AvgIpc) is 2.79. The Morgan fingerprint density at radius 2 is 1.88 bits per heavy atom. The molecular formula is C24H23N5O3. The summed E-state index contributed by atoms with van der Waals surface area (Å²) in [5, 5.41) is 0.697. The van der Waals surface area contributed by atoms with E-state index in [1.54, 1.807) is 12.3 Å². The van der Waals surface area contributed by atoms with Gasteiger partial charge in [0.15, 0.2) is 6.61 Å². The molecule has 0 aliphatic heterocycles. The van der Waals surface area contributed by atoms with E-state index in [9.17, 15) is 4.79 Å². The summed E-state index contributed by atoms with van der Waals surface area (Å²) < 4.78 is 11.6. The number of hydrogen-bond donors (Lipinski definition) is 1. The van der Waals surface area contributed by atoms with E-state index >= 15 is 0 Å². The van der Waals surface area contributed by atoms with Crippen molar-refractivity contribution >= 4 is 28.3 Å². The molecule has 0 aliphatic carbocycles. The van der Waals surface area contributed by atoms with E-state index in [-0.39, 0.29) is 6.61 Å². The molecule has 2 aromatic heterocycles. The maximum absolute atomic E-state index is 11.2. The van der Waals surface area contributed by atoms with Gasteiger partial charge in [0, 0.05) is 18.4 Å². The number of carbonyl (C=O) groups is 1. The zero-order valence-corrected chi connectivity index (χ0v) is 18.1. The van der Waals surface area contributed by atoms with Gasteiger partial charge < -0.3 is 20.1 Å². The number of primary amides is 1. The van der Waals surface area contributed by atoms with Crippen LogP contribution in [0.1, 0.15) is 11.3 Å². The molecule has 0 atom stereocenters. The summed E-state index contributed by atoms with van der Waals surface area (Å²) >= 11 is 0. The molecule has 0 spiro atoms. The van der Waals surface area contributed by atoms with Crippen LogP contribution in [-0.2, 0) is 4.79 Å². The minimum atomic E-state index is -0.552. The van der Waals surface area contributed by atoms with Gasteiger partial charge >= 0.3 is 0 Å². The van der Waals surface area contributed by atoms with Crippen LogP contribution in [0.2, 0.25) is 0 Å². The lowest BCUT2D eigenvalue weighted by atomic mass is 10.1. The fourth-order valence-electron chi connectivity index (χ4n) is 3.31. The third kappa shape index (κ3) is 4.44. The summed E-state index contributed by atoms with van der Waals surface area (Å²) in [6.07, 6.45) is 3.20. The second-order valence-corrected chi connectivity index (χ2v) is 7.35. The lowest BCUT2D eigenvalue weighted by Gasteiger charge is -2.22. The highest BCUT2D eigenvalue weighted by molar-refractivity contribution is 5.96. The summed E-state index contributed by atoms with van der Waals surface area (Å²) in [5.74, 6) is 2.01. The van der Waals surface area contributed by atoms with Crippen molar-refractivity contribution in [1.82, 2.24) is 15.0 Å². The molecule has 4 aromatic rings. The van der Waals surface area contributed by atoms with Gasteiger partial charge in [-0.3, -0.25) is 9.78 Å². The van der Waals surface area contributed by atoms with Gasteiger partial charge in [0.2, 0.25) is 0 Å². The third-order valence-corrected chi connectivity index (χ3v) is 4.95. The van der Waals surface area contributed by atoms with E-state index in [4.69, 9.17) is 15.2 Å². The van der Waals surface area contributed by atoms with E-state index in [1.807, 2.05) is 68.3 Å². The summed E-state index contributed by atoms with van der Waals surface area (Å²) in [4.78, 5) is 26.2. The molecule has 4 rings (SSSR count). The van der Waals surface area contributed by atoms with Gasteiger partial charge in [-0.05, 0) is 61.9 Å². The Balaban J connectivity index is 1.66. The number of aryl methyl sites for hydroxylation is 2. The number of amides is 1. The number of carbonyl (C=O) groups excluding carboxylic acids is 1. The highest BCUT2D eigenvalue weighted by Gasteiger charge is 2.16. The first-order valence-electron chi connectivity index (χ1n) is 10.0. The number of nitrogens with zero attached hydrogens (tertiary/aromatic N) is 4. The fourth-order valence-corrected chi connectivity index (χ4v) is 3.31. The molecule has 0 bridgehead atoms. The molecule has 8 heteroatoms. The molecule has 2 aromatic carbocycles. The first kappa shape index (κ1) is 21.0. The van der Waals surface area contributed by atoms with Gasteiger partial charge in [0.1, 0.15) is 29.4 Å². The number of nitrogens with two attached hydrogens (primary N) is 1. The number of rotatable bonds is 7. The van der Waals surface area contributed by atoms with Crippen molar-refractivity contribution in [3.63, 3.8) is 0 Å². The molecular weight excluding hydrogens is 406 g/mol. The lowest BCUT2D eigenvalue weighted by Crippen LogP contribution is -2.20. The normalized spacial score (nSPS) is 10.7. The van der Waals surface area contributed by atoms with Crippen molar-refractivity contribution in [3.8, 4) is 17.2 Å². The van der Waals surface area contributed by atoms with Gasteiger partial charge in [-0.2, -0.15) is 0 Å². The second kappa shape index (κ2) is 8.89. The summed E-state index contributed by atoms with van der Waals surface area (Å²) in [6, 6.07) is 15.1. The molecule has 0 aliphatic rings. The van der Waals surface area contributed by atoms with Crippen molar-refractivity contribution in [2.75, 3.05) is 18.6 Å². The van der Waals surface area contributed by atoms with Gasteiger partial charge in [-0.1, -0.05) is 6.07 Å². The van der Waals surface area contributed by atoms with Crippen LogP contribution in [0.4, 0.5) is 11.5 Å². The summed E-state index contributed by atoms with van der Waals surface area (Å²) in [5.41, 5.74) is 8.74. The predicted molar refractivity (Wildman–Crippen MR) is 123 cm³/mol. The molecule has 2 heterocycles. The molecule has 0 saturated carbocycles. The van der Waals surface area contributed by atoms with E-state index in [1.165, 1.54) is 6.33 Å². The molecule has 1 amide bonds. The standard InChI is InChI=1S/C24H23N5O3/c1-15-11-17(8-10-20(15)32-18-9-7-16(2)26-12-18)29(3)24-23-19(27-14-28-24)5-4-6-21(23)31-13-22(25)30/h4-12,14H,13H2,1-3H3,(H2,25,30). The van der Waals surface area contributed by atoms with Crippen LogP contribution >= 0.6 is 0 Å². The zero-order chi connectivity index (χ0) is 22.7. The lowest BCUT2D eigenvalue weighted by molar-refractivity contribution is -0.119. The van der Waals surface area contributed by atoms with E-state index in [0.717, 1.165) is 22.7 Å². The van der Waals surface area contributed by atoms with Crippen LogP contribution in [0.15, 0.2) is 61.1 Å². The fraction of sp³-hybridized carbons (Fsp3) is 0.167. The van der Waals surface area contributed by atoms with Crippen molar-refractivity contribution in [2.45, 2.75) is 13.8 Å². The van der Waals surface area contributed by atoms with Crippen LogP contribution in [0.5, 0.6) is 17.2 Å². The predicted octanol–water partition coefficient (Wildman–Crippen LogP) is 4.07. The number of benzene rings is 2. The largest absolute Gasteiger partial charge is 0.483 e. The highest BCUT2D eigenvalue weighted by atomic mass is 16.5. The van der Waals surface area contributed by atoms with Crippen LogP contribution < -0.4 is 20.1 Å². The highest BCUT2D eigenvalue weighted by Crippen LogP contribution is 2.36. The Labute approximate surface area is 185 Å². The van der Waals surface area contributed by atoms with Crippen LogP contribution in [0.3, 0.4) is 0 Å². The third-order valence-electron chi connectivity index (χ3n) is 4.95. The monoisotopic (exact) mass is 429 g/mol. The van der Waals surface area contributed by atoms with Gasteiger partial charge in [0.25, 0.3) is 5.91 Å². The summed E-state index contributed by atoms with van der Waals surface area (Å²) in [6.45, 7) is 3.69.